The highest BCUT2D eigenvalue weighted by Gasteiger charge is 2.67. The topological polar surface area (TPSA) is 59.0 Å². The number of hydrogen-bond donors (Lipinski definition) is 0. The molecule has 8 rings (SSSR count). The summed E-state index contributed by atoms with van der Waals surface area (Å²) in [6.45, 7) is 6.59. The van der Waals surface area contributed by atoms with Crippen molar-refractivity contribution in [2.45, 2.75) is 32.1 Å². The molecule has 4 aromatic carbocycles. The Bertz CT molecular complexity index is 1660. The van der Waals surface area contributed by atoms with Crippen LogP contribution in [0.1, 0.15) is 46.2 Å². The number of hydrogen-bond acceptors (Lipinski definition) is 4. The third-order valence-electron chi connectivity index (χ3n) is 8.85. The van der Waals surface area contributed by atoms with E-state index in [4.69, 9.17) is 9.73 Å². The van der Waals surface area contributed by atoms with Crippen molar-refractivity contribution in [2.24, 2.45) is 16.8 Å². The second-order valence-electron chi connectivity index (χ2n) is 11.0. The van der Waals surface area contributed by atoms with E-state index >= 15 is 0 Å². The predicted molar refractivity (Wildman–Crippen MR) is 157 cm³/mol. The van der Waals surface area contributed by atoms with Crippen LogP contribution in [0.3, 0.4) is 0 Å². The van der Waals surface area contributed by atoms with Crippen LogP contribution in [0.25, 0.3) is 0 Å². The molecule has 40 heavy (non-hydrogen) atoms. The third kappa shape index (κ3) is 3.30. The standard InChI is InChI=1S/C35H30N2O3/c1-4-40-24-16-14-23(15-17-24)37-33(38)31-30-25-9-5-7-11-27(25)35(32(31)34(37)39,28-12-8-6-10-26(28)30)20-36-29-18-13-21(2)19-22(29)3/h5-20,30-32H,4H2,1-3H3/t30?,31-,32+,35?/m0/s1. The first kappa shape index (κ1) is 24.5. The fourth-order valence-electron chi connectivity index (χ4n) is 7.28. The van der Waals surface area contributed by atoms with E-state index in [1.54, 1.807) is 12.1 Å². The van der Waals surface area contributed by atoms with Crippen LogP contribution in [0.2, 0.25) is 0 Å². The number of imide groups is 1. The monoisotopic (exact) mass is 526 g/mol. The molecule has 1 saturated heterocycles. The zero-order valence-electron chi connectivity index (χ0n) is 22.8. The van der Waals surface area contributed by atoms with Crippen molar-refractivity contribution in [1.82, 2.24) is 0 Å². The van der Waals surface area contributed by atoms with Gasteiger partial charge >= 0.3 is 0 Å². The van der Waals surface area contributed by atoms with Gasteiger partial charge in [-0.15, -0.1) is 0 Å². The molecule has 5 nitrogen and oxygen atoms in total. The van der Waals surface area contributed by atoms with E-state index in [-0.39, 0.29) is 17.7 Å². The van der Waals surface area contributed by atoms with Crippen LogP contribution in [0.15, 0.2) is 96.0 Å². The molecule has 1 heterocycles. The van der Waals surface area contributed by atoms with Gasteiger partial charge in [0.25, 0.3) is 0 Å². The van der Waals surface area contributed by atoms with Gasteiger partial charge in [0.15, 0.2) is 0 Å². The SMILES string of the molecule is CCOc1ccc(N2C(=O)[C@H]3C4c5ccccc5C(C=Nc5ccc(C)cc5C)(c5ccccc54)[C@H]3C2=O)cc1. The van der Waals surface area contributed by atoms with Crippen LogP contribution in [0.5, 0.6) is 5.75 Å². The quantitative estimate of drug-likeness (QED) is 0.216. The molecule has 0 unspecified atom stereocenters. The van der Waals surface area contributed by atoms with Crippen molar-refractivity contribution in [2.75, 3.05) is 11.5 Å². The predicted octanol–water partition coefficient (Wildman–Crippen LogP) is 6.66. The zero-order valence-corrected chi connectivity index (χ0v) is 22.8. The molecular formula is C35H30N2O3. The number of carbonyl (C=O) groups excluding carboxylic acids is 2. The number of rotatable bonds is 5. The van der Waals surface area contributed by atoms with E-state index in [0.717, 1.165) is 33.5 Å². The highest BCUT2D eigenvalue weighted by Crippen LogP contribution is 2.63. The van der Waals surface area contributed by atoms with E-state index < -0.39 is 17.3 Å². The fourth-order valence-corrected chi connectivity index (χ4v) is 7.28. The average molecular weight is 527 g/mol. The molecule has 2 amide bonds. The van der Waals surface area contributed by atoms with E-state index in [9.17, 15) is 9.59 Å². The number of amides is 2. The summed E-state index contributed by atoms with van der Waals surface area (Å²) in [6, 6.07) is 30.0. The van der Waals surface area contributed by atoms with E-state index in [2.05, 4.69) is 50.2 Å². The van der Waals surface area contributed by atoms with Crippen molar-refractivity contribution in [3.63, 3.8) is 0 Å². The lowest BCUT2D eigenvalue weighted by molar-refractivity contribution is -0.122. The molecule has 4 aromatic rings. The van der Waals surface area contributed by atoms with E-state index in [1.165, 1.54) is 10.5 Å². The summed E-state index contributed by atoms with van der Waals surface area (Å²) in [5, 5.41) is 0. The number of benzene rings is 4. The molecule has 4 aliphatic rings. The third-order valence-corrected chi connectivity index (χ3v) is 8.85. The molecule has 5 heteroatoms. The van der Waals surface area contributed by atoms with Crippen LogP contribution in [-0.4, -0.2) is 24.6 Å². The number of anilines is 1. The average Bonchev–Trinajstić information content (AvgIpc) is 3.24. The molecule has 0 saturated carbocycles. The maximum atomic E-state index is 14.5. The highest BCUT2D eigenvalue weighted by atomic mass is 16.5. The van der Waals surface area contributed by atoms with Crippen molar-refractivity contribution in [3.8, 4) is 5.75 Å². The molecule has 2 atom stereocenters. The van der Waals surface area contributed by atoms with Crippen LogP contribution in [-0.2, 0) is 15.0 Å². The number of aliphatic imine (C=N–C) groups is 1. The molecule has 0 aromatic heterocycles. The number of carbonyl (C=O) groups is 2. The van der Waals surface area contributed by atoms with Crippen LogP contribution < -0.4 is 9.64 Å². The lowest BCUT2D eigenvalue weighted by Crippen LogP contribution is -2.54. The smallest absolute Gasteiger partial charge is 0.239 e. The molecule has 0 radical (unpaired) electrons. The summed E-state index contributed by atoms with van der Waals surface area (Å²) in [6.07, 6.45) is 1.96. The summed E-state index contributed by atoms with van der Waals surface area (Å²) >= 11 is 0. The number of aryl methyl sites for hydroxylation is 2. The minimum Gasteiger partial charge on any atom is -0.494 e. The Kier molecular flexibility index (Phi) is 5.53. The first-order chi connectivity index (χ1) is 19.5. The highest BCUT2D eigenvalue weighted by molar-refractivity contribution is 6.25. The summed E-state index contributed by atoms with van der Waals surface area (Å²) in [5.41, 5.74) is 7.11. The van der Waals surface area contributed by atoms with E-state index in [1.807, 2.05) is 55.6 Å². The first-order valence-electron chi connectivity index (χ1n) is 13.9. The summed E-state index contributed by atoms with van der Waals surface area (Å²) in [5.74, 6) is -0.944. The second-order valence-corrected chi connectivity index (χ2v) is 11.0. The summed E-state index contributed by atoms with van der Waals surface area (Å²) < 4.78 is 5.60. The lowest BCUT2D eigenvalue weighted by Gasteiger charge is -2.52. The van der Waals surface area contributed by atoms with Crippen LogP contribution in [0.4, 0.5) is 11.4 Å². The van der Waals surface area contributed by atoms with Gasteiger partial charge in [-0.3, -0.25) is 14.6 Å². The van der Waals surface area contributed by atoms with Crippen LogP contribution >= 0.6 is 0 Å². The Hall–Kier alpha value is -4.51. The zero-order chi connectivity index (χ0) is 27.6. The van der Waals surface area contributed by atoms with Gasteiger partial charge in [-0.25, -0.2) is 4.90 Å². The Labute approximate surface area is 234 Å². The van der Waals surface area contributed by atoms with Crippen molar-refractivity contribution >= 4 is 29.4 Å². The maximum absolute atomic E-state index is 14.5. The molecule has 0 spiro atoms. The van der Waals surface area contributed by atoms with Gasteiger partial charge in [0, 0.05) is 12.1 Å². The molecule has 2 bridgehead atoms. The molecular weight excluding hydrogens is 496 g/mol. The van der Waals surface area contributed by atoms with Gasteiger partial charge < -0.3 is 4.74 Å². The Morgan fingerprint density at radius 1 is 0.850 bits per heavy atom. The Balaban J connectivity index is 1.45. The lowest BCUT2D eigenvalue weighted by atomic mass is 9.47. The molecule has 1 aliphatic heterocycles. The van der Waals surface area contributed by atoms with Gasteiger partial charge in [0.1, 0.15) is 5.75 Å². The van der Waals surface area contributed by atoms with Gasteiger partial charge in [0.2, 0.25) is 11.8 Å². The van der Waals surface area contributed by atoms with Crippen molar-refractivity contribution in [3.05, 3.63) is 124 Å². The second kappa shape index (κ2) is 9.02. The minimum atomic E-state index is -0.878. The minimum absolute atomic E-state index is 0.155. The van der Waals surface area contributed by atoms with Gasteiger partial charge in [0.05, 0.1) is 35.2 Å². The summed E-state index contributed by atoms with van der Waals surface area (Å²) in [7, 11) is 0. The first-order valence-corrected chi connectivity index (χ1v) is 13.9. The molecule has 1 fully saturated rings. The normalized spacial score (nSPS) is 24.3. The number of nitrogens with zero attached hydrogens (tertiary/aromatic N) is 2. The molecule has 198 valence electrons. The number of ether oxygens (including phenoxy) is 1. The molecule has 0 N–H and O–H groups in total. The van der Waals surface area contributed by atoms with Crippen LogP contribution in [0, 0.1) is 25.7 Å². The maximum Gasteiger partial charge on any atom is 0.239 e. The van der Waals surface area contributed by atoms with Crippen molar-refractivity contribution < 1.29 is 14.3 Å². The Morgan fingerprint density at radius 2 is 1.50 bits per heavy atom. The molecule has 3 aliphatic carbocycles. The van der Waals surface area contributed by atoms with Crippen molar-refractivity contribution in [1.29, 1.82) is 0 Å². The largest absolute Gasteiger partial charge is 0.494 e. The van der Waals surface area contributed by atoms with Gasteiger partial charge in [-0.2, -0.15) is 0 Å². The van der Waals surface area contributed by atoms with Gasteiger partial charge in [-0.1, -0.05) is 66.2 Å². The summed E-state index contributed by atoms with van der Waals surface area (Å²) in [4.78, 5) is 35.3. The van der Waals surface area contributed by atoms with E-state index in [0.29, 0.717) is 18.0 Å². The van der Waals surface area contributed by atoms with Gasteiger partial charge in [-0.05, 0) is 78.9 Å². The Morgan fingerprint density at radius 3 is 2.12 bits per heavy atom. The fraction of sp³-hybridized carbons (Fsp3) is 0.229.